The van der Waals surface area contributed by atoms with Crippen molar-refractivity contribution in [2.45, 2.75) is 24.3 Å². The lowest BCUT2D eigenvalue weighted by Gasteiger charge is -2.14. The largest absolute Gasteiger partial charge is 0.309 e. The van der Waals surface area contributed by atoms with E-state index >= 15 is 0 Å². The molecule has 5 rings (SSSR count). The van der Waals surface area contributed by atoms with Crippen molar-refractivity contribution in [1.82, 2.24) is 24.7 Å². The molecule has 2 aromatic heterocycles. The van der Waals surface area contributed by atoms with E-state index in [1.54, 1.807) is 24.3 Å². The molecule has 1 N–H and O–H groups in total. The number of nitrogens with one attached hydrogen (secondary N) is 1. The first kappa shape index (κ1) is 21.1. The Hall–Kier alpha value is -3.78. The average Bonchev–Trinajstić information content (AvgIpc) is 3.23. The zero-order chi connectivity index (χ0) is 22.9. The van der Waals surface area contributed by atoms with Gasteiger partial charge in [0, 0.05) is 5.69 Å². The summed E-state index contributed by atoms with van der Waals surface area (Å²) in [4.78, 5) is 20.0. The number of halogens is 1. The van der Waals surface area contributed by atoms with Crippen molar-refractivity contribution in [3.05, 3.63) is 100 Å². The van der Waals surface area contributed by atoms with Gasteiger partial charge in [0.15, 0.2) is 11.0 Å². The molecule has 2 heterocycles. The van der Waals surface area contributed by atoms with Crippen LogP contribution in [0.3, 0.4) is 0 Å². The van der Waals surface area contributed by atoms with Gasteiger partial charge in [-0.3, -0.25) is 9.36 Å². The van der Waals surface area contributed by atoms with Crippen LogP contribution in [0.15, 0.2) is 82.7 Å². The SMILES string of the molecule is Cc1ccc(-n2c(S[C@@H](C)c3nc4ccccc4c(=O)[nH]3)nnc2-c2ccccc2F)cc1. The lowest BCUT2D eigenvalue weighted by atomic mass is 10.2. The number of rotatable bonds is 5. The van der Waals surface area contributed by atoms with Crippen molar-refractivity contribution in [3.63, 3.8) is 0 Å². The Morgan fingerprint density at radius 3 is 2.48 bits per heavy atom. The summed E-state index contributed by atoms with van der Waals surface area (Å²) >= 11 is 1.40. The van der Waals surface area contributed by atoms with Gasteiger partial charge in [-0.1, -0.05) is 53.7 Å². The van der Waals surface area contributed by atoms with Crippen LogP contribution >= 0.6 is 11.8 Å². The zero-order valence-corrected chi connectivity index (χ0v) is 18.8. The molecule has 0 saturated heterocycles. The van der Waals surface area contributed by atoms with E-state index in [2.05, 4.69) is 20.2 Å². The summed E-state index contributed by atoms with van der Waals surface area (Å²) in [6, 6.07) is 21.6. The number of thioether (sulfide) groups is 1. The molecule has 0 unspecified atom stereocenters. The smallest absolute Gasteiger partial charge is 0.258 e. The summed E-state index contributed by atoms with van der Waals surface area (Å²) in [6.07, 6.45) is 0. The van der Waals surface area contributed by atoms with Crippen molar-refractivity contribution in [2.24, 2.45) is 0 Å². The summed E-state index contributed by atoms with van der Waals surface area (Å²) in [5, 5.41) is 9.57. The van der Waals surface area contributed by atoms with Crippen molar-refractivity contribution in [1.29, 1.82) is 0 Å². The number of H-pyrrole nitrogens is 1. The Morgan fingerprint density at radius 1 is 0.970 bits per heavy atom. The number of aryl methyl sites for hydroxylation is 1. The van der Waals surface area contributed by atoms with E-state index in [1.807, 2.05) is 60.9 Å². The zero-order valence-electron chi connectivity index (χ0n) is 18.0. The number of hydrogen-bond acceptors (Lipinski definition) is 5. The Bertz CT molecular complexity index is 1510. The van der Waals surface area contributed by atoms with E-state index in [-0.39, 0.29) is 16.6 Å². The molecule has 0 aliphatic rings. The number of aromatic nitrogens is 5. The van der Waals surface area contributed by atoms with Crippen molar-refractivity contribution in [3.8, 4) is 17.1 Å². The van der Waals surface area contributed by atoms with Gasteiger partial charge in [-0.2, -0.15) is 0 Å². The molecule has 33 heavy (non-hydrogen) atoms. The molecule has 0 aliphatic heterocycles. The predicted octanol–water partition coefficient (Wildman–Crippen LogP) is 5.47. The van der Waals surface area contributed by atoms with Crippen LogP contribution in [0.5, 0.6) is 0 Å². The van der Waals surface area contributed by atoms with Gasteiger partial charge in [0.25, 0.3) is 5.56 Å². The van der Waals surface area contributed by atoms with E-state index < -0.39 is 0 Å². The Labute approximate surface area is 193 Å². The second-order valence-electron chi connectivity index (χ2n) is 7.69. The maximum Gasteiger partial charge on any atom is 0.258 e. The fourth-order valence-electron chi connectivity index (χ4n) is 3.60. The Morgan fingerprint density at radius 2 is 1.70 bits per heavy atom. The lowest BCUT2D eigenvalue weighted by molar-refractivity contribution is 0.629. The minimum atomic E-state index is -0.372. The quantitative estimate of drug-likeness (QED) is 0.354. The molecule has 0 fully saturated rings. The Balaban J connectivity index is 1.59. The van der Waals surface area contributed by atoms with E-state index in [0.29, 0.717) is 33.3 Å². The molecular formula is C25H20FN5OS. The summed E-state index contributed by atoms with van der Waals surface area (Å²) in [5.74, 6) is 0.574. The number of para-hydroxylation sites is 1. The number of benzene rings is 3. The molecule has 0 spiro atoms. The third kappa shape index (κ3) is 4.05. The summed E-state index contributed by atoms with van der Waals surface area (Å²) in [7, 11) is 0. The van der Waals surface area contributed by atoms with Crippen LogP contribution in [0.1, 0.15) is 23.6 Å². The van der Waals surface area contributed by atoms with Crippen LogP contribution in [0, 0.1) is 12.7 Å². The molecule has 0 saturated carbocycles. The lowest BCUT2D eigenvalue weighted by Crippen LogP contribution is -2.13. The van der Waals surface area contributed by atoms with Crippen molar-refractivity contribution in [2.75, 3.05) is 0 Å². The third-order valence-corrected chi connectivity index (χ3v) is 6.39. The van der Waals surface area contributed by atoms with Gasteiger partial charge < -0.3 is 4.98 Å². The van der Waals surface area contributed by atoms with Crippen LogP contribution in [0.4, 0.5) is 4.39 Å². The summed E-state index contributed by atoms with van der Waals surface area (Å²) in [5.41, 5.74) is 2.74. The molecule has 5 aromatic rings. The number of fused-ring (bicyclic) bond motifs is 1. The molecule has 1 atom stereocenters. The fourth-order valence-corrected chi connectivity index (χ4v) is 4.53. The molecule has 0 radical (unpaired) electrons. The highest BCUT2D eigenvalue weighted by Crippen LogP contribution is 2.36. The molecule has 3 aromatic carbocycles. The van der Waals surface area contributed by atoms with Gasteiger partial charge in [-0.25, -0.2) is 9.37 Å². The number of hydrogen-bond donors (Lipinski definition) is 1. The monoisotopic (exact) mass is 457 g/mol. The highest BCUT2D eigenvalue weighted by Gasteiger charge is 2.22. The molecule has 164 valence electrons. The maximum atomic E-state index is 14.6. The van der Waals surface area contributed by atoms with Crippen LogP contribution < -0.4 is 5.56 Å². The highest BCUT2D eigenvalue weighted by molar-refractivity contribution is 7.99. The minimum absolute atomic E-state index is 0.185. The standard InChI is InChI=1S/C25H20FN5OS/c1-15-11-13-17(14-12-15)31-23(18-7-3-5-9-20(18)26)29-30-25(31)33-16(2)22-27-21-10-6-4-8-19(21)24(32)28-22/h3-14,16H,1-2H3,(H,27,28,32)/t16-/m0/s1. The first-order valence-corrected chi connectivity index (χ1v) is 11.3. The van der Waals surface area contributed by atoms with Gasteiger partial charge in [0.05, 0.1) is 21.7 Å². The van der Waals surface area contributed by atoms with E-state index in [1.165, 1.54) is 17.8 Å². The number of nitrogens with zero attached hydrogens (tertiary/aromatic N) is 4. The van der Waals surface area contributed by atoms with Crippen molar-refractivity contribution >= 4 is 22.7 Å². The summed E-state index contributed by atoms with van der Waals surface area (Å²) < 4.78 is 16.5. The van der Waals surface area contributed by atoms with Gasteiger partial charge >= 0.3 is 0 Å². The van der Waals surface area contributed by atoms with Crippen LogP contribution in [0.2, 0.25) is 0 Å². The first-order valence-electron chi connectivity index (χ1n) is 10.4. The second-order valence-corrected chi connectivity index (χ2v) is 8.99. The predicted molar refractivity (Wildman–Crippen MR) is 128 cm³/mol. The van der Waals surface area contributed by atoms with Crippen LogP contribution in [-0.4, -0.2) is 24.7 Å². The molecular weight excluding hydrogens is 437 g/mol. The topological polar surface area (TPSA) is 76.5 Å². The van der Waals surface area contributed by atoms with Gasteiger partial charge in [0.1, 0.15) is 11.6 Å². The molecule has 0 aliphatic carbocycles. The van der Waals surface area contributed by atoms with Crippen LogP contribution in [0.25, 0.3) is 28.0 Å². The van der Waals surface area contributed by atoms with Gasteiger partial charge in [-0.05, 0) is 50.2 Å². The molecule has 8 heteroatoms. The maximum absolute atomic E-state index is 14.6. The second kappa shape index (κ2) is 8.63. The van der Waals surface area contributed by atoms with E-state index in [0.717, 1.165) is 11.3 Å². The molecule has 0 amide bonds. The van der Waals surface area contributed by atoms with Crippen molar-refractivity contribution < 1.29 is 4.39 Å². The summed E-state index contributed by atoms with van der Waals surface area (Å²) in [6.45, 7) is 3.95. The molecule has 6 nitrogen and oxygen atoms in total. The van der Waals surface area contributed by atoms with Gasteiger partial charge in [0.2, 0.25) is 0 Å². The number of aromatic amines is 1. The third-order valence-electron chi connectivity index (χ3n) is 5.34. The highest BCUT2D eigenvalue weighted by atomic mass is 32.2. The average molecular weight is 458 g/mol. The van der Waals surface area contributed by atoms with E-state index in [4.69, 9.17) is 0 Å². The molecule has 0 bridgehead atoms. The minimum Gasteiger partial charge on any atom is -0.309 e. The fraction of sp³-hybridized carbons (Fsp3) is 0.120. The van der Waals surface area contributed by atoms with E-state index in [9.17, 15) is 9.18 Å². The Kier molecular flexibility index (Phi) is 5.51. The first-order chi connectivity index (χ1) is 16.0. The van der Waals surface area contributed by atoms with Crippen LogP contribution in [-0.2, 0) is 0 Å². The normalized spacial score (nSPS) is 12.2. The van der Waals surface area contributed by atoms with Gasteiger partial charge in [-0.15, -0.1) is 10.2 Å².